The first-order valence-electron chi connectivity index (χ1n) is 35.1. The van der Waals surface area contributed by atoms with Crippen LogP contribution in [-0.4, -0.2) is 42.5 Å². The van der Waals surface area contributed by atoms with Crippen LogP contribution in [0.5, 0.6) is 11.6 Å². The molecule has 0 spiro atoms. The maximum Gasteiger partial charge on any atom is 0.268 e. The molecule has 0 N–H and O–H groups in total. The van der Waals surface area contributed by atoms with Gasteiger partial charge in [0.15, 0.2) is 0 Å². The zero-order valence-corrected chi connectivity index (χ0v) is 57.5. The van der Waals surface area contributed by atoms with Crippen LogP contribution >= 0.6 is 11.3 Å². The van der Waals surface area contributed by atoms with Crippen molar-refractivity contribution >= 4 is 162 Å². The van der Waals surface area contributed by atoms with E-state index in [1.54, 1.807) is 0 Å². The summed E-state index contributed by atoms with van der Waals surface area (Å²) in [5.74, 6) is 4.89. The van der Waals surface area contributed by atoms with Crippen molar-refractivity contribution in [2.75, 3.05) is 14.7 Å². The van der Waals surface area contributed by atoms with Crippen LogP contribution < -0.4 is 51.5 Å². The number of benzene rings is 10. The fraction of sp³-hybridized carbons (Fsp3) is 0.186. The lowest BCUT2D eigenvalue weighted by Crippen LogP contribution is -2.64. The average molecular weight is 1300 g/mol. The van der Waals surface area contributed by atoms with Gasteiger partial charge in [-0.05, 0) is 159 Å². The Morgan fingerprint density at radius 3 is 1.39 bits per heavy atom. The molecular formula is C86H69B2N9OS. The van der Waals surface area contributed by atoms with Gasteiger partial charge in [-0.3, -0.25) is 23.8 Å². The lowest BCUT2D eigenvalue weighted by Gasteiger charge is -2.44. The molecule has 10 nitrogen and oxygen atoms in total. The van der Waals surface area contributed by atoms with E-state index in [0.29, 0.717) is 17.8 Å². The molecule has 2 aliphatic carbocycles. The number of hydrogen-bond acceptors (Lipinski definition) is 9. The number of rotatable bonds is 5. The summed E-state index contributed by atoms with van der Waals surface area (Å²) in [4.78, 5) is 31.2. The Bertz CT molecular complexity index is 5950. The first-order chi connectivity index (χ1) is 48.1. The minimum absolute atomic E-state index is 0.0198. The summed E-state index contributed by atoms with van der Waals surface area (Å²) in [6.45, 7) is 18.7. The Labute approximate surface area is 580 Å². The molecule has 15 aromatic rings. The molecule has 0 atom stereocenters. The number of nitrogens with zero attached hydrogens (tertiary/aromatic N) is 9. The second-order valence-corrected chi connectivity index (χ2v) is 32.1. The van der Waals surface area contributed by atoms with Gasteiger partial charge < -0.3 is 4.74 Å². The predicted octanol–water partition coefficient (Wildman–Crippen LogP) is 17.9. The fourth-order valence-corrected chi connectivity index (χ4v) is 19.6. The summed E-state index contributed by atoms with van der Waals surface area (Å²) in [5.41, 5.74) is 21.4. The SMILES string of the molecule is CC1(C)CCC(C)(C)c2cc(N3c4ccccc4B4c5cc6c(cc5Oc5nc(-n7c8ccccc8c8ccccc87)nc3c54)N(c3ccccc3)c3nc(-n4c5ccccc5c5ccccc54)nc4c3B6c3sc5ccccc5c3N4c3ccc4c(c3)C(C)(C)CCC4(C)C)ccc21. The Kier molecular flexibility index (Phi) is 11.6. The first kappa shape index (κ1) is 57.3. The quantitative estimate of drug-likeness (QED) is 0.158. The predicted molar refractivity (Wildman–Crippen MR) is 412 cm³/mol. The number of para-hydroxylation sites is 6. The van der Waals surface area contributed by atoms with Crippen LogP contribution in [0.3, 0.4) is 0 Å². The fourth-order valence-electron chi connectivity index (χ4n) is 18.3. The Balaban J connectivity index is 0.861. The van der Waals surface area contributed by atoms with Crippen LogP contribution in [-0.2, 0) is 21.7 Å². The molecule has 5 aromatic heterocycles. The molecule has 9 heterocycles. The molecule has 10 aromatic carbocycles. The number of fused-ring (bicyclic) bond motifs is 18. The van der Waals surface area contributed by atoms with Crippen molar-refractivity contribution in [3.05, 3.63) is 247 Å². The normalized spacial score (nSPS) is 16.8. The molecule has 0 radical (unpaired) electrons. The molecule has 0 saturated carbocycles. The van der Waals surface area contributed by atoms with Gasteiger partial charge in [-0.1, -0.05) is 201 Å². The lowest BCUT2D eigenvalue weighted by molar-refractivity contribution is 0.332. The highest BCUT2D eigenvalue weighted by Gasteiger charge is 2.52. The van der Waals surface area contributed by atoms with Crippen molar-refractivity contribution in [1.82, 2.24) is 29.1 Å². The third-order valence-corrected chi connectivity index (χ3v) is 24.8. The smallest absolute Gasteiger partial charge is 0.268 e. The highest BCUT2D eigenvalue weighted by molar-refractivity contribution is 7.33. The third-order valence-electron chi connectivity index (χ3n) is 23.5. The Morgan fingerprint density at radius 1 is 0.364 bits per heavy atom. The van der Waals surface area contributed by atoms with E-state index in [1.807, 2.05) is 11.3 Å². The van der Waals surface area contributed by atoms with Crippen molar-refractivity contribution in [1.29, 1.82) is 0 Å². The molecule has 0 bridgehead atoms. The molecule has 6 aliphatic rings. The van der Waals surface area contributed by atoms with Crippen molar-refractivity contribution in [2.45, 2.75) is 103 Å². The van der Waals surface area contributed by atoms with E-state index in [0.717, 1.165) is 154 Å². The summed E-state index contributed by atoms with van der Waals surface area (Å²) in [7, 11) is 0. The highest BCUT2D eigenvalue weighted by atomic mass is 32.1. The summed E-state index contributed by atoms with van der Waals surface area (Å²) in [5, 5.41) is 5.76. The Hall–Kier alpha value is -10.8. The monoisotopic (exact) mass is 1300 g/mol. The van der Waals surface area contributed by atoms with Crippen molar-refractivity contribution in [2.24, 2.45) is 0 Å². The van der Waals surface area contributed by atoms with Gasteiger partial charge >= 0.3 is 0 Å². The van der Waals surface area contributed by atoms with E-state index in [9.17, 15) is 0 Å². The van der Waals surface area contributed by atoms with E-state index in [2.05, 4.69) is 304 Å². The van der Waals surface area contributed by atoms with Crippen LogP contribution in [0, 0.1) is 0 Å². The lowest BCUT2D eigenvalue weighted by atomic mass is 9.32. The van der Waals surface area contributed by atoms with Gasteiger partial charge in [-0.25, -0.2) is 0 Å². The van der Waals surface area contributed by atoms with Crippen LogP contribution in [0.4, 0.5) is 51.6 Å². The molecule has 0 unspecified atom stereocenters. The zero-order chi connectivity index (χ0) is 66.3. The third kappa shape index (κ3) is 7.90. The maximum atomic E-state index is 7.77. The van der Waals surface area contributed by atoms with Gasteiger partial charge in [0.2, 0.25) is 17.8 Å². The van der Waals surface area contributed by atoms with Gasteiger partial charge in [-0.2, -0.15) is 19.9 Å². The van der Waals surface area contributed by atoms with Crippen LogP contribution in [0.2, 0.25) is 0 Å². The molecule has 13 heteroatoms. The number of hydrogen-bond donors (Lipinski definition) is 0. The molecule has 0 saturated heterocycles. The molecule has 0 fully saturated rings. The number of aromatic nitrogens is 6. The van der Waals surface area contributed by atoms with Crippen LogP contribution in [0.15, 0.2) is 224 Å². The van der Waals surface area contributed by atoms with Crippen molar-refractivity contribution in [3.63, 3.8) is 0 Å². The summed E-state index contributed by atoms with van der Waals surface area (Å²) in [6, 6.07) is 82.9. The highest BCUT2D eigenvalue weighted by Crippen LogP contribution is 2.54. The summed E-state index contributed by atoms with van der Waals surface area (Å²) < 4.78 is 14.8. The van der Waals surface area contributed by atoms with E-state index < -0.39 is 0 Å². The van der Waals surface area contributed by atoms with Crippen LogP contribution in [0.25, 0.3) is 65.6 Å². The number of thiophene rings is 1. The molecule has 99 heavy (non-hydrogen) atoms. The van der Waals surface area contributed by atoms with E-state index >= 15 is 0 Å². The summed E-state index contributed by atoms with van der Waals surface area (Å²) >= 11 is 1.89. The van der Waals surface area contributed by atoms with Crippen molar-refractivity contribution in [3.8, 4) is 23.5 Å². The van der Waals surface area contributed by atoms with E-state index in [4.69, 9.17) is 24.7 Å². The van der Waals surface area contributed by atoms with E-state index in [1.165, 1.54) is 37.1 Å². The largest absolute Gasteiger partial charge is 0.440 e. The van der Waals surface area contributed by atoms with Crippen LogP contribution in [0.1, 0.15) is 103 Å². The van der Waals surface area contributed by atoms with Crippen molar-refractivity contribution < 1.29 is 4.74 Å². The van der Waals surface area contributed by atoms with Gasteiger partial charge in [0, 0.05) is 81.8 Å². The minimum atomic E-state index is -0.332. The van der Waals surface area contributed by atoms with E-state index in [-0.39, 0.29) is 35.1 Å². The van der Waals surface area contributed by atoms with Gasteiger partial charge in [0.25, 0.3) is 13.4 Å². The second kappa shape index (κ2) is 20.0. The molecule has 21 rings (SSSR count). The van der Waals surface area contributed by atoms with Gasteiger partial charge in [0.1, 0.15) is 23.2 Å². The zero-order valence-electron chi connectivity index (χ0n) is 56.7. The Morgan fingerprint density at radius 2 is 0.818 bits per heavy atom. The standard InChI is InChI=1S/C86H69B2N9OS/c1-83(2)42-44-85(5,6)60-46-51(38-40-58(60)83)94-69-36-22-17-31-62(69)87-64-48-63-70(49-71(64)98-80-74(87)79(94)91-82(92-80)97-67-34-20-14-28-55(67)56-29-15-21-35-68(56)97)93(50-24-10-9-11-25-50)77-73-78(90-81(89-77)96-65-32-18-12-26-53(65)54-27-13-19-33-66(54)96)95(75-57-30-16-23-37-72(57)99-76(75)88(63)73)52-39-41-59-61(47-52)86(7,8)45-43-84(59,3)4/h9-41,46-49H,42-45H2,1-8H3. The van der Waals surface area contributed by atoms with Gasteiger partial charge in [0.05, 0.1) is 27.8 Å². The summed E-state index contributed by atoms with van der Waals surface area (Å²) in [6.07, 6.45) is 4.45. The number of anilines is 9. The number of ether oxygens (including phenoxy) is 1. The molecule has 476 valence electrons. The second-order valence-electron chi connectivity index (χ2n) is 31.0. The maximum absolute atomic E-state index is 7.77. The average Bonchev–Trinajstić information content (AvgIpc) is 1.64. The minimum Gasteiger partial charge on any atom is -0.440 e. The van der Waals surface area contributed by atoms with Gasteiger partial charge in [-0.15, -0.1) is 11.3 Å². The molecule has 4 aliphatic heterocycles. The topological polar surface area (TPSA) is 80.4 Å². The molecule has 0 amide bonds. The molecular weight excluding hydrogens is 1230 g/mol. The first-order valence-corrected chi connectivity index (χ1v) is 35.9.